The van der Waals surface area contributed by atoms with Crippen molar-refractivity contribution in [2.24, 2.45) is 10.9 Å². The van der Waals surface area contributed by atoms with E-state index in [-0.39, 0.29) is 0 Å². The van der Waals surface area contributed by atoms with Crippen LogP contribution in [0, 0.1) is 5.92 Å². The highest BCUT2D eigenvalue weighted by molar-refractivity contribution is 7.09. The van der Waals surface area contributed by atoms with Gasteiger partial charge in [0.15, 0.2) is 5.96 Å². The molecule has 0 amide bonds. The van der Waals surface area contributed by atoms with Gasteiger partial charge in [-0.15, -0.1) is 11.3 Å². The maximum atomic E-state index is 5.41. The number of piperidine rings is 1. The van der Waals surface area contributed by atoms with Gasteiger partial charge in [0, 0.05) is 44.1 Å². The Morgan fingerprint density at radius 1 is 1.18 bits per heavy atom. The van der Waals surface area contributed by atoms with Gasteiger partial charge in [-0.3, -0.25) is 14.8 Å². The minimum absolute atomic E-state index is 0.711. The van der Waals surface area contributed by atoms with Crippen molar-refractivity contribution >= 4 is 17.3 Å². The van der Waals surface area contributed by atoms with Crippen molar-refractivity contribution in [3.8, 4) is 0 Å². The van der Waals surface area contributed by atoms with Crippen LogP contribution in [-0.4, -0.2) is 81.3 Å². The molecule has 0 bridgehead atoms. The van der Waals surface area contributed by atoms with Crippen molar-refractivity contribution in [3.05, 3.63) is 22.4 Å². The molecule has 0 spiro atoms. The first-order chi connectivity index (χ1) is 13.8. The van der Waals surface area contributed by atoms with Crippen molar-refractivity contribution in [2.45, 2.75) is 32.7 Å². The maximum absolute atomic E-state index is 5.41. The van der Waals surface area contributed by atoms with E-state index in [1.807, 2.05) is 11.3 Å². The Hall–Kier alpha value is -1.15. The van der Waals surface area contributed by atoms with Crippen LogP contribution in [0.1, 0.15) is 31.1 Å². The molecule has 2 saturated heterocycles. The van der Waals surface area contributed by atoms with Crippen LogP contribution in [0.4, 0.5) is 0 Å². The minimum atomic E-state index is 0.711. The summed E-state index contributed by atoms with van der Waals surface area (Å²) >= 11 is 1.87. The van der Waals surface area contributed by atoms with Crippen LogP contribution in [0.15, 0.2) is 22.5 Å². The van der Waals surface area contributed by atoms with Gasteiger partial charge in [0.1, 0.15) is 0 Å². The fourth-order valence-corrected chi connectivity index (χ4v) is 4.59. The monoisotopic (exact) mass is 407 g/mol. The van der Waals surface area contributed by atoms with E-state index in [0.717, 1.165) is 71.4 Å². The molecule has 6 nitrogen and oxygen atoms in total. The summed E-state index contributed by atoms with van der Waals surface area (Å²) in [6, 6.07) is 4.39. The van der Waals surface area contributed by atoms with Gasteiger partial charge in [-0.25, -0.2) is 0 Å². The zero-order chi connectivity index (χ0) is 19.4. The van der Waals surface area contributed by atoms with Gasteiger partial charge < -0.3 is 15.4 Å². The molecule has 3 rings (SSSR count). The van der Waals surface area contributed by atoms with Gasteiger partial charge >= 0.3 is 0 Å². The van der Waals surface area contributed by atoms with E-state index >= 15 is 0 Å². The van der Waals surface area contributed by atoms with Gasteiger partial charge in [0.2, 0.25) is 0 Å². The predicted octanol–water partition coefficient (Wildman–Crippen LogP) is 2.24. The average molecular weight is 408 g/mol. The number of likely N-dealkylation sites (tertiary alicyclic amines) is 1. The molecule has 0 aromatic carbocycles. The fraction of sp³-hybridized carbons (Fsp3) is 0.762. The number of hydrogen-bond donors (Lipinski definition) is 2. The van der Waals surface area contributed by atoms with Crippen LogP contribution in [0.25, 0.3) is 0 Å². The fourth-order valence-electron chi connectivity index (χ4n) is 3.85. The van der Waals surface area contributed by atoms with E-state index in [0.29, 0.717) is 5.92 Å². The third-order valence-corrected chi connectivity index (χ3v) is 6.43. The van der Waals surface area contributed by atoms with Crippen LogP contribution in [0.2, 0.25) is 0 Å². The molecule has 7 heteroatoms. The van der Waals surface area contributed by atoms with E-state index in [4.69, 9.17) is 9.73 Å². The molecule has 1 aromatic heterocycles. The summed E-state index contributed by atoms with van der Waals surface area (Å²) in [5.74, 6) is 1.69. The zero-order valence-corrected chi connectivity index (χ0v) is 18.2. The maximum Gasteiger partial charge on any atom is 0.191 e. The highest BCUT2D eigenvalue weighted by Crippen LogP contribution is 2.20. The molecule has 0 atom stereocenters. The first-order valence-corrected chi connectivity index (χ1v) is 11.8. The van der Waals surface area contributed by atoms with Gasteiger partial charge in [-0.1, -0.05) is 6.07 Å². The summed E-state index contributed by atoms with van der Waals surface area (Å²) in [7, 11) is 0. The van der Waals surface area contributed by atoms with Crippen molar-refractivity contribution in [1.82, 2.24) is 20.4 Å². The van der Waals surface area contributed by atoms with Crippen molar-refractivity contribution < 1.29 is 4.74 Å². The summed E-state index contributed by atoms with van der Waals surface area (Å²) in [6.07, 6.45) is 3.65. The molecule has 2 aliphatic heterocycles. The number of ether oxygens (including phenoxy) is 1. The third kappa shape index (κ3) is 7.70. The molecular formula is C21H37N5OS. The summed E-state index contributed by atoms with van der Waals surface area (Å²) in [4.78, 5) is 11.4. The Morgan fingerprint density at radius 3 is 2.71 bits per heavy atom. The molecule has 0 aliphatic carbocycles. The molecule has 0 saturated carbocycles. The lowest BCUT2D eigenvalue weighted by atomic mass is 9.97. The topological polar surface area (TPSA) is 52.1 Å². The highest BCUT2D eigenvalue weighted by atomic mass is 32.1. The summed E-state index contributed by atoms with van der Waals surface area (Å²) < 4.78 is 5.41. The second kappa shape index (κ2) is 12.4. The summed E-state index contributed by atoms with van der Waals surface area (Å²) in [5.41, 5.74) is 0. The minimum Gasteiger partial charge on any atom is -0.379 e. The van der Waals surface area contributed by atoms with E-state index in [1.54, 1.807) is 0 Å². The van der Waals surface area contributed by atoms with Gasteiger partial charge in [-0.05, 0) is 63.2 Å². The van der Waals surface area contributed by atoms with Crippen LogP contribution < -0.4 is 10.6 Å². The molecular weight excluding hydrogens is 370 g/mol. The van der Waals surface area contributed by atoms with Crippen LogP contribution in [0.5, 0.6) is 0 Å². The molecule has 2 aliphatic rings. The molecule has 0 radical (unpaired) electrons. The predicted molar refractivity (Wildman–Crippen MR) is 118 cm³/mol. The largest absolute Gasteiger partial charge is 0.379 e. The molecule has 0 unspecified atom stereocenters. The Balaban J connectivity index is 1.32. The standard InChI is InChI=1S/C21H37N5OS/c1-2-22-21(23-8-4-9-25-12-14-27-15-13-25)24-17-19-6-10-26(11-7-19)18-20-5-3-16-28-20/h3,5,16,19H,2,4,6-15,17-18H2,1H3,(H2,22,23,24). The molecule has 28 heavy (non-hydrogen) atoms. The second-order valence-corrected chi connectivity index (χ2v) is 8.79. The number of nitrogens with one attached hydrogen (secondary N) is 2. The number of guanidine groups is 1. The van der Waals surface area contributed by atoms with Gasteiger partial charge in [-0.2, -0.15) is 0 Å². The third-order valence-electron chi connectivity index (χ3n) is 5.57. The zero-order valence-electron chi connectivity index (χ0n) is 17.4. The van der Waals surface area contributed by atoms with Crippen LogP contribution >= 0.6 is 11.3 Å². The Kier molecular flexibility index (Phi) is 9.56. The van der Waals surface area contributed by atoms with Gasteiger partial charge in [0.25, 0.3) is 0 Å². The van der Waals surface area contributed by atoms with E-state index in [9.17, 15) is 0 Å². The summed E-state index contributed by atoms with van der Waals surface area (Å²) in [6.45, 7) is 13.5. The molecule has 2 N–H and O–H groups in total. The Bertz CT molecular complexity index is 551. The van der Waals surface area contributed by atoms with E-state index in [2.05, 4.69) is 44.9 Å². The quantitative estimate of drug-likeness (QED) is 0.374. The second-order valence-electron chi connectivity index (χ2n) is 7.75. The van der Waals surface area contributed by atoms with Crippen LogP contribution in [-0.2, 0) is 11.3 Å². The SMILES string of the molecule is CCNC(=NCC1CCN(Cc2cccs2)CC1)NCCCN1CCOCC1. The lowest BCUT2D eigenvalue weighted by Gasteiger charge is -2.31. The highest BCUT2D eigenvalue weighted by Gasteiger charge is 2.19. The first-order valence-electron chi connectivity index (χ1n) is 10.9. The van der Waals surface area contributed by atoms with Crippen molar-refractivity contribution in [3.63, 3.8) is 0 Å². The number of hydrogen-bond acceptors (Lipinski definition) is 5. The average Bonchev–Trinajstić information content (AvgIpc) is 3.24. The number of morpholine rings is 1. The Labute approximate surface area is 174 Å². The van der Waals surface area contributed by atoms with E-state index in [1.165, 1.54) is 30.8 Å². The number of aliphatic imine (C=N–C) groups is 1. The van der Waals surface area contributed by atoms with Crippen molar-refractivity contribution in [2.75, 3.05) is 65.6 Å². The van der Waals surface area contributed by atoms with Crippen LogP contribution in [0.3, 0.4) is 0 Å². The first kappa shape index (κ1) is 21.6. The molecule has 1 aromatic rings. The molecule has 3 heterocycles. The normalized spacial score (nSPS) is 20.4. The lowest BCUT2D eigenvalue weighted by molar-refractivity contribution is 0.0376. The smallest absolute Gasteiger partial charge is 0.191 e. The Morgan fingerprint density at radius 2 is 2.00 bits per heavy atom. The summed E-state index contributed by atoms with van der Waals surface area (Å²) in [5, 5.41) is 9.08. The number of thiophene rings is 1. The molecule has 158 valence electrons. The van der Waals surface area contributed by atoms with E-state index < -0.39 is 0 Å². The van der Waals surface area contributed by atoms with Crippen molar-refractivity contribution in [1.29, 1.82) is 0 Å². The molecule has 2 fully saturated rings. The number of rotatable bonds is 9. The van der Waals surface area contributed by atoms with Gasteiger partial charge in [0.05, 0.1) is 13.2 Å². The lowest BCUT2D eigenvalue weighted by Crippen LogP contribution is -2.41. The number of nitrogens with zero attached hydrogens (tertiary/aromatic N) is 3.